The molecule has 0 aliphatic heterocycles. The molecule has 0 unspecified atom stereocenters. The number of hydrogen-bond acceptors (Lipinski definition) is 5. The molecule has 2 aromatic heterocycles. The van der Waals surface area contributed by atoms with Crippen LogP contribution in [-0.4, -0.2) is 31.3 Å². The Morgan fingerprint density at radius 2 is 2.12 bits per heavy atom. The summed E-state index contributed by atoms with van der Waals surface area (Å²) in [4.78, 5) is 39.1. The van der Waals surface area contributed by atoms with E-state index in [9.17, 15) is 19.5 Å². The molecule has 0 bridgehead atoms. The van der Waals surface area contributed by atoms with E-state index in [0.717, 1.165) is 4.57 Å². The lowest BCUT2D eigenvalue weighted by atomic mass is 10.2. The van der Waals surface area contributed by atoms with Crippen LogP contribution in [0, 0.1) is 0 Å². The molecule has 10 nitrogen and oxygen atoms in total. The number of imidazole rings is 1. The number of carbonyl (C=O) groups is 1. The van der Waals surface area contributed by atoms with Crippen molar-refractivity contribution in [2.24, 2.45) is 19.2 Å². The van der Waals surface area contributed by atoms with Crippen LogP contribution in [0.25, 0.3) is 11.2 Å². The normalized spacial score (nSPS) is 11.3. The van der Waals surface area contributed by atoms with Crippen LogP contribution in [0.3, 0.4) is 0 Å². The number of carbonyl (C=O) groups excluding carboxylic acids is 1. The number of amides is 1. The van der Waals surface area contributed by atoms with Crippen LogP contribution in [0.2, 0.25) is 0 Å². The summed E-state index contributed by atoms with van der Waals surface area (Å²) in [6.45, 7) is -0.162. The first-order chi connectivity index (χ1) is 12.4. The van der Waals surface area contributed by atoms with Crippen molar-refractivity contribution in [3.05, 3.63) is 57.0 Å². The minimum absolute atomic E-state index is 0.0936. The second kappa shape index (κ2) is 6.67. The third-order valence-electron chi connectivity index (χ3n) is 3.87. The molecule has 0 aliphatic rings. The van der Waals surface area contributed by atoms with Gasteiger partial charge in [-0.3, -0.25) is 18.7 Å². The molecule has 3 N–H and O–H groups in total. The van der Waals surface area contributed by atoms with E-state index in [2.05, 4.69) is 15.5 Å². The zero-order valence-electron chi connectivity index (χ0n) is 14.1. The summed E-state index contributed by atoms with van der Waals surface area (Å²) in [7, 11) is 2.91. The summed E-state index contributed by atoms with van der Waals surface area (Å²) in [5.41, 5.74) is 2.55. The molecule has 0 atom stereocenters. The number of aromatic hydroxyl groups is 1. The predicted molar refractivity (Wildman–Crippen MR) is 92.8 cm³/mol. The number of hydrogen-bond donors (Lipinski definition) is 3. The van der Waals surface area contributed by atoms with Crippen molar-refractivity contribution in [1.82, 2.24) is 19.5 Å². The van der Waals surface area contributed by atoms with Crippen molar-refractivity contribution < 1.29 is 14.5 Å². The lowest BCUT2D eigenvalue weighted by Crippen LogP contribution is -2.46. The van der Waals surface area contributed by atoms with Gasteiger partial charge in [-0.2, -0.15) is 5.10 Å². The molecule has 0 spiro atoms. The largest absolute Gasteiger partial charge is 0.508 e. The van der Waals surface area contributed by atoms with Crippen LogP contribution in [0.4, 0.5) is 0 Å². The minimum atomic E-state index is -0.500. The van der Waals surface area contributed by atoms with Gasteiger partial charge in [0.25, 0.3) is 17.1 Å². The molecule has 2 heterocycles. The van der Waals surface area contributed by atoms with Gasteiger partial charge in [0.2, 0.25) is 6.33 Å². The molecule has 1 aromatic carbocycles. The van der Waals surface area contributed by atoms with Gasteiger partial charge >= 0.3 is 11.2 Å². The number of phenolic OH excluding ortho intramolecular Hbond substituents is 1. The fraction of sp³-hybridized carbons (Fsp3) is 0.188. The van der Waals surface area contributed by atoms with Crippen molar-refractivity contribution in [3.63, 3.8) is 0 Å². The van der Waals surface area contributed by atoms with E-state index < -0.39 is 17.2 Å². The Balaban J connectivity index is 1.80. The zero-order valence-corrected chi connectivity index (χ0v) is 14.1. The van der Waals surface area contributed by atoms with Crippen molar-refractivity contribution in [3.8, 4) is 5.75 Å². The van der Waals surface area contributed by atoms with Crippen LogP contribution in [0.15, 0.2) is 45.3 Å². The smallest absolute Gasteiger partial charge is 0.333 e. The average Bonchev–Trinajstić information content (AvgIpc) is 3.02. The fourth-order valence-electron chi connectivity index (χ4n) is 2.55. The number of aryl methyl sites for hydroxylation is 1. The van der Waals surface area contributed by atoms with Gasteiger partial charge in [-0.25, -0.2) is 19.8 Å². The van der Waals surface area contributed by atoms with Crippen molar-refractivity contribution >= 4 is 23.3 Å². The van der Waals surface area contributed by atoms with Gasteiger partial charge in [0.15, 0.2) is 6.54 Å². The Labute approximate surface area is 146 Å². The van der Waals surface area contributed by atoms with Gasteiger partial charge in [-0.15, -0.1) is 0 Å². The number of nitrogens with one attached hydrogen (secondary N) is 2. The maximum absolute atomic E-state index is 12.3. The van der Waals surface area contributed by atoms with Crippen molar-refractivity contribution in [2.75, 3.05) is 0 Å². The molecule has 3 aromatic rings. The SMILES string of the molecule is Cn1c(=O)c2c([nH]c[n+]2CC(=O)N/N=C/c2cccc(O)c2)n(C)c1=O. The number of benzene rings is 1. The third-order valence-corrected chi connectivity index (χ3v) is 3.87. The number of aromatic amines is 1. The summed E-state index contributed by atoms with van der Waals surface area (Å²) in [5, 5.41) is 13.2. The molecular weight excluding hydrogens is 340 g/mol. The second-order valence-electron chi connectivity index (χ2n) is 5.69. The quantitative estimate of drug-likeness (QED) is 0.305. The number of rotatable bonds is 4. The Hall–Kier alpha value is -3.69. The molecule has 10 heteroatoms. The fourth-order valence-corrected chi connectivity index (χ4v) is 2.55. The van der Waals surface area contributed by atoms with Gasteiger partial charge in [0, 0.05) is 14.1 Å². The number of phenols is 1. The highest BCUT2D eigenvalue weighted by molar-refractivity contribution is 5.82. The number of aromatic nitrogens is 4. The third kappa shape index (κ3) is 3.11. The van der Waals surface area contributed by atoms with Gasteiger partial charge in [-0.1, -0.05) is 12.1 Å². The van der Waals surface area contributed by atoms with Gasteiger partial charge < -0.3 is 5.11 Å². The van der Waals surface area contributed by atoms with Crippen LogP contribution < -0.4 is 21.2 Å². The molecular formula is C16H17N6O4+. The molecule has 26 heavy (non-hydrogen) atoms. The topological polar surface area (TPSA) is 125 Å². The summed E-state index contributed by atoms with van der Waals surface area (Å²) >= 11 is 0. The van der Waals surface area contributed by atoms with Crippen molar-refractivity contribution in [1.29, 1.82) is 0 Å². The van der Waals surface area contributed by atoms with Crippen molar-refractivity contribution in [2.45, 2.75) is 6.54 Å². The van der Waals surface area contributed by atoms with E-state index in [1.807, 2.05) is 0 Å². The van der Waals surface area contributed by atoms with Gasteiger partial charge in [0.05, 0.1) is 6.21 Å². The Bertz CT molecular complexity index is 1140. The minimum Gasteiger partial charge on any atom is -0.508 e. The summed E-state index contributed by atoms with van der Waals surface area (Å²) < 4.78 is 3.69. The van der Waals surface area contributed by atoms with E-state index in [0.29, 0.717) is 11.2 Å². The summed E-state index contributed by atoms with van der Waals surface area (Å²) in [6.07, 6.45) is 2.84. The highest BCUT2D eigenvalue weighted by atomic mass is 16.3. The first-order valence-electron chi connectivity index (χ1n) is 7.66. The van der Waals surface area contributed by atoms with E-state index >= 15 is 0 Å². The van der Waals surface area contributed by atoms with E-state index in [1.165, 1.54) is 47.9 Å². The zero-order chi connectivity index (χ0) is 18.8. The second-order valence-corrected chi connectivity index (χ2v) is 5.69. The number of H-pyrrole nitrogens is 1. The molecule has 134 valence electrons. The summed E-state index contributed by atoms with van der Waals surface area (Å²) in [5.74, 6) is -0.362. The maximum atomic E-state index is 12.3. The predicted octanol–water partition coefficient (Wildman–Crippen LogP) is -1.29. The first kappa shape index (κ1) is 17.1. The Morgan fingerprint density at radius 1 is 1.35 bits per heavy atom. The Kier molecular flexibility index (Phi) is 4.40. The molecule has 0 fully saturated rings. The van der Waals surface area contributed by atoms with E-state index in [4.69, 9.17) is 0 Å². The van der Waals surface area contributed by atoms with Crippen LogP contribution in [0.5, 0.6) is 5.75 Å². The Morgan fingerprint density at radius 3 is 2.85 bits per heavy atom. The monoisotopic (exact) mass is 357 g/mol. The maximum Gasteiger partial charge on any atom is 0.333 e. The molecule has 0 saturated heterocycles. The average molecular weight is 357 g/mol. The lowest BCUT2D eigenvalue weighted by molar-refractivity contribution is -0.659. The highest BCUT2D eigenvalue weighted by Crippen LogP contribution is 2.08. The molecule has 0 aliphatic carbocycles. The number of nitrogens with zero attached hydrogens (tertiary/aromatic N) is 4. The molecule has 0 saturated carbocycles. The lowest BCUT2D eigenvalue weighted by Gasteiger charge is -2.01. The number of hydrazone groups is 1. The highest BCUT2D eigenvalue weighted by Gasteiger charge is 2.21. The summed E-state index contributed by atoms with van der Waals surface area (Å²) in [6, 6.07) is 6.39. The van der Waals surface area contributed by atoms with Crippen LogP contribution >= 0.6 is 0 Å². The van der Waals surface area contributed by atoms with Gasteiger partial charge in [0.1, 0.15) is 5.75 Å². The number of fused-ring (bicyclic) bond motifs is 1. The first-order valence-corrected chi connectivity index (χ1v) is 7.66. The van der Waals surface area contributed by atoms with E-state index in [-0.39, 0.29) is 17.8 Å². The van der Waals surface area contributed by atoms with Crippen LogP contribution in [-0.2, 0) is 25.4 Å². The molecule has 3 rings (SSSR count). The molecule has 0 radical (unpaired) electrons. The van der Waals surface area contributed by atoms with E-state index in [1.54, 1.807) is 12.1 Å². The standard InChI is InChI=1S/C16H16N6O4/c1-20-14-13(15(25)21(2)16(20)26)22(9-17-14)8-12(24)19-18-7-10-4-3-5-11(23)6-10/h3-7,9H,8H2,1-2H3,(H2,19,23,24)/p+1/b18-7+. The van der Waals surface area contributed by atoms with Crippen LogP contribution in [0.1, 0.15) is 5.56 Å². The molecule has 1 amide bonds. The van der Waals surface area contributed by atoms with Gasteiger partial charge in [-0.05, 0) is 17.7 Å².